The van der Waals surface area contributed by atoms with E-state index >= 15 is 0 Å². The van der Waals surface area contributed by atoms with Gasteiger partial charge < -0.3 is 0 Å². The summed E-state index contributed by atoms with van der Waals surface area (Å²) in [5.74, 6) is -0.229. The first-order chi connectivity index (χ1) is 7.66. The molecule has 0 heterocycles. The maximum atomic E-state index is 12.8. The van der Waals surface area contributed by atoms with Crippen LogP contribution in [0.25, 0.3) is 0 Å². The van der Waals surface area contributed by atoms with Crippen LogP contribution in [0.2, 0.25) is 0 Å². The molecule has 0 saturated heterocycles. The lowest BCUT2D eigenvalue weighted by molar-refractivity contribution is 0.628. The van der Waals surface area contributed by atoms with Gasteiger partial charge in [-0.3, -0.25) is 0 Å². The fraction of sp³-hybridized carbons (Fsp3) is 0.0769. The van der Waals surface area contributed by atoms with Gasteiger partial charge in [0.1, 0.15) is 5.82 Å². The summed E-state index contributed by atoms with van der Waals surface area (Å²) in [4.78, 5) is 0. The molecular formula is C13H11ClFP. The molecule has 0 aliphatic carbocycles. The zero-order valence-corrected chi connectivity index (χ0v) is 10.5. The van der Waals surface area contributed by atoms with Gasteiger partial charge in [0.2, 0.25) is 0 Å². The number of hydrogen-bond acceptors (Lipinski definition) is 0. The molecule has 0 saturated carbocycles. The lowest BCUT2D eigenvalue weighted by atomic mass is 10.2. The van der Waals surface area contributed by atoms with E-state index in [9.17, 15) is 4.39 Å². The van der Waals surface area contributed by atoms with Crippen LogP contribution < -0.4 is 10.6 Å². The van der Waals surface area contributed by atoms with Crippen molar-refractivity contribution in [1.29, 1.82) is 0 Å². The molecule has 0 aliphatic heterocycles. The molecule has 3 heteroatoms. The summed E-state index contributed by atoms with van der Waals surface area (Å²) in [6.45, 7) is 2.04. The van der Waals surface area contributed by atoms with E-state index < -0.39 is 7.27 Å². The topological polar surface area (TPSA) is 0 Å². The monoisotopic (exact) mass is 252 g/mol. The number of benzene rings is 2. The largest absolute Gasteiger partial charge is 0.207 e. The van der Waals surface area contributed by atoms with E-state index in [0.29, 0.717) is 0 Å². The Hall–Kier alpha value is -0.910. The predicted molar refractivity (Wildman–Crippen MR) is 69.6 cm³/mol. The average molecular weight is 253 g/mol. The summed E-state index contributed by atoms with van der Waals surface area (Å²) in [5, 5.41) is 2.07. The van der Waals surface area contributed by atoms with Gasteiger partial charge in [0.25, 0.3) is 0 Å². The number of aryl methyl sites for hydroxylation is 1. The fourth-order valence-corrected chi connectivity index (χ4v) is 3.19. The van der Waals surface area contributed by atoms with Crippen molar-refractivity contribution in [2.24, 2.45) is 0 Å². The highest BCUT2D eigenvalue weighted by atomic mass is 35.7. The standard InChI is InChI=1S/C13H11ClFP/c1-10-2-6-12(7-3-10)16(14)13-8-4-11(15)5-9-13/h2-9H,1H3. The Bertz CT molecular complexity index is 419. The summed E-state index contributed by atoms with van der Waals surface area (Å²) in [6, 6.07) is 14.5. The van der Waals surface area contributed by atoms with E-state index in [1.54, 1.807) is 12.1 Å². The molecule has 2 rings (SSSR count). The maximum absolute atomic E-state index is 12.8. The van der Waals surface area contributed by atoms with Crippen molar-refractivity contribution in [3.05, 3.63) is 59.9 Å². The summed E-state index contributed by atoms with van der Waals surface area (Å²) in [6.07, 6.45) is 0. The second-order valence-electron chi connectivity index (χ2n) is 3.59. The van der Waals surface area contributed by atoms with Crippen LogP contribution in [0, 0.1) is 12.7 Å². The minimum absolute atomic E-state index is 0.229. The normalized spacial score (nSPS) is 12.4. The highest BCUT2D eigenvalue weighted by Gasteiger charge is 2.10. The first-order valence-corrected chi connectivity index (χ1v) is 7.19. The third-order valence-corrected chi connectivity index (χ3v) is 4.99. The molecule has 1 atom stereocenters. The first kappa shape index (κ1) is 11.6. The molecule has 0 N–H and O–H groups in total. The lowest BCUT2D eigenvalue weighted by Crippen LogP contribution is -2.07. The Morgan fingerprint density at radius 3 is 1.81 bits per heavy atom. The van der Waals surface area contributed by atoms with Crippen molar-refractivity contribution in [1.82, 2.24) is 0 Å². The Morgan fingerprint density at radius 1 is 0.875 bits per heavy atom. The molecular weight excluding hydrogens is 242 g/mol. The Balaban J connectivity index is 2.28. The zero-order valence-electron chi connectivity index (χ0n) is 8.82. The molecule has 16 heavy (non-hydrogen) atoms. The average Bonchev–Trinajstić information content (AvgIpc) is 2.30. The van der Waals surface area contributed by atoms with Crippen LogP contribution >= 0.6 is 18.5 Å². The second kappa shape index (κ2) is 4.95. The maximum Gasteiger partial charge on any atom is 0.123 e. The van der Waals surface area contributed by atoms with Crippen LogP contribution in [0.15, 0.2) is 48.5 Å². The molecule has 0 aromatic heterocycles. The van der Waals surface area contributed by atoms with Crippen molar-refractivity contribution in [2.75, 3.05) is 0 Å². The second-order valence-corrected chi connectivity index (χ2v) is 6.20. The number of halogens is 2. The van der Waals surface area contributed by atoms with Gasteiger partial charge in [-0.15, -0.1) is 0 Å². The van der Waals surface area contributed by atoms with E-state index in [1.165, 1.54) is 17.7 Å². The molecule has 0 fully saturated rings. The quantitative estimate of drug-likeness (QED) is 0.715. The Kier molecular flexibility index (Phi) is 3.58. The van der Waals surface area contributed by atoms with Crippen LogP contribution in [0.1, 0.15) is 5.56 Å². The van der Waals surface area contributed by atoms with Gasteiger partial charge in [-0.05, 0) is 29.7 Å². The van der Waals surface area contributed by atoms with Crippen molar-refractivity contribution in [2.45, 2.75) is 6.92 Å². The first-order valence-electron chi connectivity index (χ1n) is 4.95. The highest BCUT2D eigenvalue weighted by molar-refractivity contribution is 7.95. The Morgan fingerprint density at radius 2 is 1.31 bits per heavy atom. The van der Waals surface area contributed by atoms with Gasteiger partial charge in [0, 0.05) is 0 Å². The van der Waals surface area contributed by atoms with Gasteiger partial charge in [-0.2, -0.15) is 0 Å². The predicted octanol–water partition coefficient (Wildman–Crippen LogP) is 3.72. The van der Waals surface area contributed by atoms with Crippen LogP contribution in [0.3, 0.4) is 0 Å². The summed E-state index contributed by atoms with van der Waals surface area (Å²) in [7, 11) is -0.890. The summed E-state index contributed by atoms with van der Waals surface area (Å²) < 4.78 is 12.8. The summed E-state index contributed by atoms with van der Waals surface area (Å²) in [5.41, 5.74) is 1.21. The van der Waals surface area contributed by atoms with E-state index in [1.807, 2.05) is 31.2 Å². The molecule has 0 spiro atoms. The molecule has 0 radical (unpaired) electrons. The molecule has 1 unspecified atom stereocenters. The van der Waals surface area contributed by atoms with Crippen molar-refractivity contribution >= 4 is 29.1 Å². The van der Waals surface area contributed by atoms with Crippen molar-refractivity contribution in [3.63, 3.8) is 0 Å². The van der Waals surface area contributed by atoms with Gasteiger partial charge in [0.05, 0.1) is 7.27 Å². The van der Waals surface area contributed by atoms with Gasteiger partial charge in [-0.25, -0.2) is 4.39 Å². The molecule has 0 aliphatic rings. The third kappa shape index (κ3) is 2.61. The van der Waals surface area contributed by atoms with E-state index in [-0.39, 0.29) is 5.82 Å². The van der Waals surface area contributed by atoms with Crippen LogP contribution in [-0.2, 0) is 0 Å². The fourth-order valence-electron chi connectivity index (χ4n) is 1.40. The minimum atomic E-state index is -0.890. The van der Waals surface area contributed by atoms with Gasteiger partial charge in [0.15, 0.2) is 0 Å². The minimum Gasteiger partial charge on any atom is -0.207 e. The number of hydrogen-bond donors (Lipinski definition) is 0. The van der Waals surface area contributed by atoms with E-state index in [2.05, 4.69) is 0 Å². The van der Waals surface area contributed by atoms with Gasteiger partial charge in [-0.1, -0.05) is 53.2 Å². The van der Waals surface area contributed by atoms with E-state index in [0.717, 1.165) is 10.6 Å². The highest BCUT2D eigenvalue weighted by Crippen LogP contribution is 2.38. The van der Waals surface area contributed by atoms with E-state index in [4.69, 9.17) is 11.2 Å². The van der Waals surface area contributed by atoms with Crippen LogP contribution in [-0.4, -0.2) is 0 Å². The van der Waals surface area contributed by atoms with Crippen LogP contribution in [0.5, 0.6) is 0 Å². The molecule has 2 aromatic carbocycles. The van der Waals surface area contributed by atoms with Crippen LogP contribution in [0.4, 0.5) is 4.39 Å². The lowest BCUT2D eigenvalue weighted by Gasteiger charge is -2.10. The van der Waals surface area contributed by atoms with Gasteiger partial charge >= 0.3 is 0 Å². The zero-order chi connectivity index (χ0) is 11.5. The molecule has 0 nitrogen and oxygen atoms in total. The smallest absolute Gasteiger partial charge is 0.123 e. The third-order valence-electron chi connectivity index (χ3n) is 2.31. The Labute approximate surface area is 101 Å². The van der Waals surface area contributed by atoms with Crippen molar-refractivity contribution in [3.8, 4) is 0 Å². The molecule has 0 bridgehead atoms. The number of rotatable bonds is 2. The molecule has 82 valence electrons. The molecule has 2 aromatic rings. The SMILES string of the molecule is Cc1ccc(P(Cl)c2ccc(F)cc2)cc1. The van der Waals surface area contributed by atoms with Crippen molar-refractivity contribution < 1.29 is 4.39 Å². The summed E-state index contributed by atoms with van der Waals surface area (Å²) >= 11 is 6.38. The molecule has 0 amide bonds.